The van der Waals surface area contributed by atoms with Gasteiger partial charge in [-0.25, -0.2) is 4.68 Å². The van der Waals surface area contributed by atoms with Crippen molar-refractivity contribution < 1.29 is 9.53 Å². The van der Waals surface area contributed by atoms with Crippen molar-refractivity contribution in [1.82, 2.24) is 9.78 Å². The summed E-state index contributed by atoms with van der Waals surface area (Å²) < 4.78 is 6.73. The number of anilines is 1. The fourth-order valence-electron chi connectivity index (χ4n) is 1.52. The van der Waals surface area contributed by atoms with Crippen LogP contribution in [0.15, 0.2) is 6.07 Å². The van der Waals surface area contributed by atoms with Gasteiger partial charge in [-0.2, -0.15) is 5.10 Å². The van der Waals surface area contributed by atoms with Gasteiger partial charge in [-0.3, -0.25) is 4.79 Å². The first-order valence-electron chi connectivity index (χ1n) is 6.28. The van der Waals surface area contributed by atoms with Gasteiger partial charge in [-0.1, -0.05) is 13.8 Å². The van der Waals surface area contributed by atoms with E-state index in [1.54, 1.807) is 0 Å². The van der Waals surface area contributed by atoms with Crippen LogP contribution in [0.4, 0.5) is 5.82 Å². The number of nitrogens with zero attached hydrogens (tertiary/aromatic N) is 2. The predicted octanol–water partition coefficient (Wildman–Crippen LogP) is 2.32. The van der Waals surface area contributed by atoms with Gasteiger partial charge in [-0.05, 0) is 27.2 Å². The molecule has 0 spiro atoms. The Morgan fingerprint density at radius 1 is 1.56 bits per heavy atom. The molecule has 0 saturated carbocycles. The maximum atomic E-state index is 11.7. The van der Waals surface area contributed by atoms with Crippen LogP contribution in [0.1, 0.15) is 52.7 Å². The quantitative estimate of drug-likeness (QED) is 0.836. The summed E-state index contributed by atoms with van der Waals surface area (Å²) in [5.41, 5.74) is 6.27. The van der Waals surface area contributed by atoms with E-state index in [1.807, 2.05) is 26.8 Å². The summed E-state index contributed by atoms with van der Waals surface area (Å²) in [6.45, 7) is 9.73. The molecule has 0 aliphatic rings. The number of rotatable bonds is 4. The van der Waals surface area contributed by atoms with Crippen LogP contribution in [0, 0.1) is 0 Å². The first-order chi connectivity index (χ1) is 8.23. The number of nitrogens with two attached hydrogens (primary N) is 1. The molecule has 1 aromatic heterocycles. The highest BCUT2D eigenvalue weighted by atomic mass is 16.6. The summed E-state index contributed by atoms with van der Waals surface area (Å²) >= 11 is 0. The maximum Gasteiger partial charge on any atom is 0.328 e. The highest BCUT2D eigenvalue weighted by Crippen LogP contribution is 2.19. The second-order valence-electron chi connectivity index (χ2n) is 5.55. The van der Waals surface area contributed by atoms with Gasteiger partial charge in [0.15, 0.2) is 0 Å². The first-order valence-corrected chi connectivity index (χ1v) is 6.28. The normalized spacial score (nSPS) is 13.4. The van der Waals surface area contributed by atoms with Crippen molar-refractivity contribution in [2.45, 2.75) is 59.1 Å². The van der Waals surface area contributed by atoms with Crippen LogP contribution in [0.25, 0.3) is 0 Å². The minimum Gasteiger partial charge on any atom is -0.459 e. The van der Waals surface area contributed by atoms with Crippen LogP contribution in [-0.2, 0) is 16.1 Å². The molecule has 0 saturated heterocycles. The third kappa shape index (κ3) is 4.05. The van der Waals surface area contributed by atoms with E-state index in [1.165, 1.54) is 4.68 Å². The van der Waals surface area contributed by atoms with Gasteiger partial charge in [0.25, 0.3) is 0 Å². The highest BCUT2D eigenvalue weighted by molar-refractivity contribution is 5.70. The van der Waals surface area contributed by atoms with E-state index in [-0.39, 0.29) is 12.5 Å². The van der Waals surface area contributed by atoms with Gasteiger partial charge in [0.1, 0.15) is 18.0 Å². The number of carbonyl (C=O) groups excluding carboxylic acids is 1. The standard InChI is InChI=1S/C13H23N3O2/c1-6-9(2)10-7-11(14)16(15-10)8-12(17)18-13(3,4)5/h7,9H,6,8,14H2,1-5H3. The predicted molar refractivity (Wildman–Crippen MR) is 71.2 cm³/mol. The van der Waals surface area contributed by atoms with Crippen LogP contribution in [-0.4, -0.2) is 21.4 Å². The van der Waals surface area contributed by atoms with E-state index < -0.39 is 5.60 Å². The van der Waals surface area contributed by atoms with Crippen molar-refractivity contribution in [3.8, 4) is 0 Å². The number of hydrogen-bond donors (Lipinski definition) is 1. The Balaban J connectivity index is 2.73. The molecule has 0 aliphatic heterocycles. The molecule has 0 aliphatic carbocycles. The van der Waals surface area contributed by atoms with Crippen molar-refractivity contribution in [2.75, 3.05) is 5.73 Å². The fraction of sp³-hybridized carbons (Fsp3) is 0.692. The highest BCUT2D eigenvalue weighted by Gasteiger charge is 2.18. The second-order valence-corrected chi connectivity index (χ2v) is 5.55. The lowest BCUT2D eigenvalue weighted by Gasteiger charge is -2.19. The zero-order valence-electron chi connectivity index (χ0n) is 11.9. The lowest BCUT2D eigenvalue weighted by molar-refractivity contribution is -0.155. The van der Waals surface area contributed by atoms with Crippen molar-refractivity contribution in [2.24, 2.45) is 0 Å². The number of carbonyl (C=O) groups is 1. The molecule has 0 aromatic carbocycles. The van der Waals surface area contributed by atoms with E-state index in [4.69, 9.17) is 10.5 Å². The molecule has 0 amide bonds. The van der Waals surface area contributed by atoms with Crippen molar-refractivity contribution >= 4 is 11.8 Å². The zero-order valence-corrected chi connectivity index (χ0v) is 11.9. The molecule has 1 aromatic rings. The number of nitrogen functional groups attached to an aromatic ring is 1. The lowest BCUT2D eigenvalue weighted by atomic mass is 10.1. The Morgan fingerprint density at radius 2 is 2.17 bits per heavy atom. The summed E-state index contributed by atoms with van der Waals surface area (Å²) in [5.74, 6) is 0.511. The van der Waals surface area contributed by atoms with Crippen molar-refractivity contribution in [3.63, 3.8) is 0 Å². The molecule has 0 fully saturated rings. The van der Waals surface area contributed by atoms with Crippen molar-refractivity contribution in [1.29, 1.82) is 0 Å². The zero-order chi connectivity index (χ0) is 13.9. The maximum absolute atomic E-state index is 11.7. The second kappa shape index (κ2) is 5.42. The van der Waals surface area contributed by atoms with Gasteiger partial charge < -0.3 is 10.5 Å². The van der Waals surface area contributed by atoms with Gasteiger partial charge in [-0.15, -0.1) is 0 Å². The van der Waals surface area contributed by atoms with Crippen LogP contribution < -0.4 is 5.73 Å². The van der Waals surface area contributed by atoms with Crippen molar-refractivity contribution in [3.05, 3.63) is 11.8 Å². The van der Waals surface area contributed by atoms with Crippen LogP contribution >= 0.6 is 0 Å². The van der Waals surface area contributed by atoms with Crippen LogP contribution in [0.2, 0.25) is 0 Å². The van der Waals surface area contributed by atoms with Gasteiger partial charge in [0.05, 0.1) is 5.69 Å². The summed E-state index contributed by atoms with van der Waals surface area (Å²) in [6, 6.07) is 1.82. The Bertz CT molecular complexity index is 418. The average Bonchev–Trinajstić information content (AvgIpc) is 2.56. The summed E-state index contributed by atoms with van der Waals surface area (Å²) in [4.78, 5) is 11.7. The van der Waals surface area contributed by atoms with E-state index in [9.17, 15) is 4.79 Å². The Morgan fingerprint density at radius 3 is 2.67 bits per heavy atom. The largest absolute Gasteiger partial charge is 0.459 e. The molecule has 5 heteroatoms. The number of aromatic nitrogens is 2. The van der Waals surface area contributed by atoms with E-state index in [0.717, 1.165) is 12.1 Å². The molecule has 5 nitrogen and oxygen atoms in total. The SMILES string of the molecule is CCC(C)c1cc(N)n(CC(=O)OC(C)(C)C)n1. The molecule has 1 atom stereocenters. The number of ether oxygens (including phenoxy) is 1. The summed E-state index contributed by atoms with van der Waals surface area (Å²) in [5, 5.41) is 4.34. The third-order valence-electron chi connectivity index (χ3n) is 2.65. The molecule has 102 valence electrons. The first kappa shape index (κ1) is 14.5. The minimum absolute atomic E-state index is 0.0551. The Labute approximate surface area is 108 Å². The van der Waals surface area contributed by atoms with Gasteiger partial charge in [0.2, 0.25) is 0 Å². The summed E-state index contributed by atoms with van der Waals surface area (Å²) in [6.07, 6.45) is 0.989. The fourth-order valence-corrected chi connectivity index (χ4v) is 1.52. The number of hydrogen-bond acceptors (Lipinski definition) is 4. The molecule has 0 radical (unpaired) electrons. The topological polar surface area (TPSA) is 70.1 Å². The van der Waals surface area contributed by atoms with E-state index in [2.05, 4.69) is 18.9 Å². The molecule has 1 heterocycles. The smallest absolute Gasteiger partial charge is 0.328 e. The molecule has 1 rings (SSSR count). The Kier molecular flexibility index (Phi) is 4.38. The third-order valence-corrected chi connectivity index (χ3v) is 2.65. The molecule has 1 unspecified atom stereocenters. The lowest BCUT2D eigenvalue weighted by Crippen LogP contribution is -2.27. The number of esters is 1. The van der Waals surface area contributed by atoms with Gasteiger partial charge >= 0.3 is 5.97 Å². The van der Waals surface area contributed by atoms with Crippen LogP contribution in [0.5, 0.6) is 0 Å². The van der Waals surface area contributed by atoms with E-state index >= 15 is 0 Å². The average molecular weight is 253 g/mol. The van der Waals surface area contributed by atoms with E-state index in [0.29, 0.717) is 11.7 Å². The molecule has 18 heavy (non-hydrogen) atoms. The van der Waals surface area contributed by atoms with Crippen LogP contribution in [0.3, 0.4) is 0 Å². The summed E-state index contributed by atoms with van der Waals surface area (Å²) in [7, 11) is 0. The Hall–Kier alpha value is -1.52. The molecule has 2 N–H and O–H groups in total. The molecule has 0 bridgehead atoms. The molecular weight excluding hydrogens is 230 g/mol. The monoisotopic (exact) mass is 253 g/mol. The van der Waals surface area contributed by atoms with Gasteiger partial charge in [0, 0.05) is 12.0 Å². The molecular formula is C13H23N3O2. The minimum atomic E-state index is -0.488.